The number of terminal acetylenes is 1. The standard InChI is InChI=1S/C17H19IN2O4S/c1-4-10-19-12-15(17(21)24-5-2)13(3)20(25(19,22)23)11-14-8-6-7-9-16(14)18/h1,6-9,12-13H,5,10-11H2,2-3H3. The fourth-order valence-electron chi connectivity index (χ4n) is 2.49. The van der Waals surface area contributed by atoms with Crippen molar-refractivity contribution in [1.82, 2.24) is 8.61 Å². The van der Waals surface area contributed by atoms with Gasteiger partial charge in [0.15, 0.2) is 0 Å². The first-order valence-electron chi connectivity index (χ1n) is 7.67. The predicted molar refractivity (Wildman–Crippen MR) is 103 cm³/mol. The number of benzene rings is 1. The van der Waals surface area contributed by atoms with Crippen LogP contribution in [0.5, 0.6) is 0 Å². The Kier molecular flexibility index (Phi) is 6.48. The highest BCUT2D eigenvalue weighted by Gasteiger charge is 2.40. The maximum atomic E-state index is 12.9. The first-order valence-corrected chi connectivity index (χ1v) is 10.1. The van der Waals surface area contributed by atoms with Crippen molar-refractivity contribution in [3.05, 3.63) is 45.2 Å². The molecular weight excluding hydrogens is 455 g/mol. The highest BCUT2D eigenvalue weighted by Crippen LogP contribution is 2.28. The number of hydrogen-bond donors (Lipinski definition) is 0. The van der Waals surface area contributed by atoms with Gasteiger partial charge in [-0.1, -0.05) is 24.1 Å². The zero-order valence-corrected chi connectivity index (χ0v) is 17.0. The molecule has 0 aliphatic carbocycles. The van der Waals surface area contributed by atoms with Crippen molar-refractivity contribution in [1.29, 1.82) is 0 Å². The van der Waals surface area contributed by atoms with Gasteiger partial charge in [-0.15, -0.1) is 6.42 Å². The Bertz CT molecular complexity index is 829. The maximum Gasteiger partial charge on any atom is 0.337 e. The first-order chi connectivity index (χ1) is 11.8. The van der Waals surface area contributed by atoms with Crippen LogP contribution in [-0.4, -0.2) is 42.2 Å². The van der Waals surface area contributed by atoms with Crippen molar-refractivity contribution in [3.63, 3.8) is 0 Å². The van der Waals surface area contributed by atoms with E-state index >= 15 is 0 Å². The van der Waals surface area contributed by atoms with Crippen molar-refractivity contribution >= 4 is 38.8 Å². The maximum absolute atomic E-state index is 12.9. The van der Waals surface area contributed by atoms with Gasteiger partial charge in [0, 0.05) is 16.3 Å². The number of nitrogens with zero attached hydrogens (tertiary/aromatic N) is 2. The SMILES string of the molecule is C#CCN1C=C(C(=O)OCC)C(C)N(Cc2ccccc2I)S1(=O)=O. The lowest BCUT2D eigenvalue weighted by atomic mass is 10.1. The zero-order chi connectivity index (χ0) is 18.6. The highest BCUT2D eigenvalue weighted by molar-refractivity contribution is 14.1. The fraction of sp³-hybridized carbons (Fsp3) is 0.353. The monoisotopic (exact) mass is 474 g/mol. The number of hydrogen-bond acceptors (Lipinski definition) is 4. The van der Waals surface area contributed by atoms with Crippen LogP contribution in [0.4, 0.5) is 0 Å². The second-order valence-electron chi connectivity index (χ2n) is 5.37. The number of carbonyl (C=O) groups is 1. The van der Waals surface area contributed by atoms with Gasteiger partial charge in [-0.05, 0) is 48.1 Å². The van der Waals surface area contributed by atoms with Crippen LogP contribution in [-0.2, 0) is 26.3 Å². The molecule has 0 bridgehead atoms. The summed E-state index contributed by atoms with van der Waals surface area (Å²) in [4.78, 5) is 12.2. The van der Waals surface area contributed by atoms with Gasteiger partial charge < -0.3 is 4.74 Å². The van der Waals surface area contributed by atoms with E-state index in [1.807, 2.05) is 24.3 Å². The summed E-state index contributed by atoms with van der Waals surface area (Å²) in [6, 6.07) is 6.83. The van der Waals surface area contributed by atoms with Gasteiger partial charge in [0.25, 0.3) is 0 Å². The van der Waals surface area contributed by atoms with Crippen molar-refractivity contribution < 1.29 is 17.9 Å². The molecule has 2 rings (SSSR count). The summed E-state index contributed by atoms with van der Waals surface area (Å²) >= 11 is 2.16. The van der Waals surface area contributed by atoms with Gasteiger partial charge in [-0.25, -0.2) is 4.79 Å². The van der Waals surface area contributed by atoms with Crippen molar-refractivity contribution in [2.45, 2.75) is 26.4 Å². The number of carbonyl (C=O) groups excluding carboxylic acids is 1. The van der Waals surface area contributed by atoms with E-state index in [0.717, 1.165) is 13.4 Å². The summed E-state index contributed by atoms with van der Waals surface area (Å²) < 4.78 is 34.1. The molecule has 0 radical (unpaired) electrons. The molecule has 0 aromatic heterocycles. The van der Waals surface area contributed by atoms with Crippen molar-refractivity contribution in [2.24, 2.45) is 0 Å². The molecule has 134 valence electrons. The molecule has 1 atom stereocenters. The van der Waals surface area contributed by atoms with Crippen molar-refractivity contribution in [2.75, 3.05) is 13.2 Å². The largest absolute Gasteiger partial charge is 0.463 e. The normalized spacial score (nSPS) is 19.8. The molecule has 0 amide bonds. The quantitative estimate of drug-likeness (QED) is 0.373. The van der Waals surface area contributed by atoms with Crippen LogP contribution in [0.15, 0.2) is 36.0 Å². The molecule has 1 aliphatic rings. The van der Waals surface area contributed by atoms with Crippen LogP contribution in [0.25, 0.3) is 0 Å². The van der Waals surface area contributed by atoms with Gasteiger partial charge in [-0.2, -0.15) is 12.7 Å². The minimum Gasteiger partial charge on any atom is -0.463 e. The van der Waals surface area contributed by atoms with Crippen LogP contribution >= 0.6 is 22.6 Å². The Hall–Kier alpha value is -1.57. The number of rotatable bonds is 5. The summed E-state index contributed by atoms with van der Waals surface area (Å²) in [7, 11) is -3.84. The Morgan fingerprint density at radius 1 is 1.40 bits per heavy atom. The third-order valence-corrected chi connectivity index (χ3v) is 6.72. The molecule has 25 heavy (non-hydrogen) atoms. The topological polar surface area (TPSA) is 66.9 Å². The lowest BCUT2D eigenvalue weighted by Crippen LogP contribution is -2.51. The van der Waals surface area contributed by atoms with E-state index in [1.54, 1.807) is 13.8 Å². The smallest absolute Gasteiger partial charge is 0.337 e. The number of ether oxygens (including phenoxy) is 1. The molecule has 0 saturated heterocycles. The van der Waals surface area contributed by atoms with E-state index in [9.17, 15) is 13.2 Å². The summed E-state index contributed by atoms with van der Waals surface area (Å²) in [5.41, 5.74) is 1.11. The van der Waals surface area contributed by atoms with E-state index in [2.05, 4.69) is 28.5 Å². The van der Waals surface area contributed by atoms with E-state index in [-0.39, 0.29) is 25.3 Å². The third-order valence-electron chi connectivity index (χ3n) is 3.80. The molecule has 0 N–H and O–H groups in total. The summed E-state index contributed by atoms with van der Waals surface area (Å²) in [6.07, 6.45) is 6.58. The van der Waals surface area contributed by atoms with E-state index in [1.165, 1.54) is 10.5 Å². The number of esters is 1. The first kappa shape index (κ1) is 19.8. The highest BCUT2D eigenvalue weighted by atomic mass is 127. The Labute approximate surface area is 162 Å². The molecule has 1 heterocycles. The van der Waals surface area contributed by atoms with Crippen LogP contribution in [0, 0.1) is 15.9 Å². The predicted octanol–water partition coefficient (Wildman–Crippen LogP) is 2.12. The molecule has 0 fully saturated rings. The molecule has 1 aromatic rings. The summed E-state index contributed by atoms with van der Waals surface area (Å²) in [5, 5.41) is 0. The van der Waals surface area contributed by atoms with Crippen LogP contribution in [0.2, 0.25) is 0 Å². The van der Waals surface area contributed by atoms with E-state index < -0.39 is 22.2 Å². The van der Waals surface area contributed by atoms with Gasteiger partial charge in [0.1, 0.15) is 0 Å². The summed E-state index contributed by atoms with van der Waals surface area (Å²) in [5.74, 6) is 1.78. The third kappa shape index (κ3) is 4.16. The zero-order valence-electron chi connectivity index (χ0n) is 14.0. The molecular formula is C17H19IN2O4S. The fourth-order valence-corrected chi connectivity index (χ4v) is 4.61. The molecule has 1 unspecified atom stereocenters. The lowest BCUT2D eigenvalue weighted by Gasteiger charge is -2.37. The van der Waals surface area contributed by atoms with E-state index in [0.29, 0.717) is 0 Å². The van der Waals surface area contributed by atoms with Crippen LogP contribution in [0.3, 0.4) is 0 Å². The second kappa shape index (κ2) is 8.21. The molecule has 1 aliphatic heterocycles. The Morgan fingerprint density at radius 3 is 2.68 bits per heavy atom. The van der Waals surface area contributed by atoms with Gasteiger partial charge in [-0.3, -0.25) is 4.31 Å². The van der Waals surface area contributed by atoms with Gasteiger partial charge in [0.05, 0.1) is 24.8 Å². The molecule has 1 aromatic carbocycles. The Morgan fingerprint density at radius 2 is 2.08 bits per heavy atom. The Balaban J connectivity index is 2.47. The van der Waals surface area contributed by atoms with Gasteiger partial charge in [0.2, 0.25) is 0 Å². The molecule has 6 nitrogen and oxygen atoms in total. The number of halogens is 1. The van der Waals surface area contributed by atoms with E-state index in [4.69, 9.17) is 11.2 Å². The van der Waals surface area contributed by atoms with Crippen LogP contribution in [0.1, 0.15) is 19.4 Å². The van der Waals surface area contributed by atoms with Crippen molar-refractivity contribution in [3.8, 4) is 12.3 Å². The average Bonchev–Trinajstić information content (AvgIpc) is 2.56. The molecule has 0 saturated carbocycles. The molecule has 8 heteroatoms. The van der Waals surface area contributed by atoms with Gasteiger partial charge >= 0.3 is 16.2 Å². The average molecular weight is 474 g/mol. The minimum absolute atomic E-state index is 0.139. The lowest BCUT2D eigenvalue weighted by molar-refractivity contribution is -0.139. The molecule has 0 spiro atoms. The second-order valence-corrected chi connectivity index (χ2v) is 8.37. The minimum atomic E-state index is -3.84. The summed E-state index contributed by atoms with van der Waals surface area (Å²) in [6.45, 7) is 3.57. The van der Waals surface area contributed by atoms with Crippen LogP contribution < -0.4 is 0 Å².